The second-order valence-electron chi connectivity index (χ2n) is 7.86. The third-order valence-corrected chi connectivity index (χ3v) is 5.77. The van der Waals surface area contributed by atoms with Crippen molar-refractivity contribution >= 4 is 34.2 Å². The van der Waals surface area contributed by atoms with Crippen LogP contribution in [0, 0.1) is 0 Å². The first-order valence-electron chi connectivity index (χ1n) is 10.9. The van der Waals surface area contributed by atoms with E-state index < -0.39 is 11.5 Å². The molecule has 1 aliphatic rings. The maximum atomic E-state index is 12.7. The summed E-state index contributed by atoms with van der Waals surface area (Å²) in [6.07, 6.45) is 3.07. The van der Waals surface area contributed by atoms with E-state index >= 15 is 0 Å². The minimum absolute atomic E-state index is 0.109. The average Bonchev–Trinajstić information content (AvgIpc) is 2.89. The van der Waals surface area contributed by atoms with Gasteiger partial charge in [0, 0.05) is 37.3 Å². The van der Waals surface area contributed by atoms with E-state index in [1.807, 2.05) is 18.2 Å². The number of carbonyl (C=O) groups is 1. The molecular weight excluding hydrogens is 434 g/mol. The van der Waals surface area contributed by atoms with Crippen LogP contribution in [0.4, 0.5) is 17.3 Å². The Morgan fingerprint density at radius 2 is 1.68 bits per heavy atom. The number of anilines is 3. The fourth-order valence-electron chi connectivity index (χ4n) is 3.99. The zero-order chi connectivity index (χ0) is 23.5. The Labute approximate surface area is 195 Å². The highest BCUT2D eigenvalue weighted by molar-refractivity contribution is 6.05. The van der Waals surface area contributed by atoms with Crippen molar-refractivity contribution in [3.63, 3.8) is 0 Å². The third-order valence-electron chi connectivity index (χ3n) is 5.77. The molecule has 0 aliphatic carbocycles. The molecule has 1 aliphatic heterocycles. The number of hydrogen-bond acceptors (Lipinski definition) is 8. The van der Waals surface area contributed by atoms with Crippen LogP contribution < -0.4 is 25.5 Å². The van der Waals surface area contributed by atoms with Gasteiger partial charge in [-0.1, -0.05) is 30.3 Å². The molecule has 0 radical (unpaired) electrons. The van der Waals surface area contributed by atoms with Gasteiger partial charge in [-0.15, -0.1) is 0 Å². The van der Waals surface area contributed by atoms with Crippen molar-refractivity contribution < 1.29 is 13.9 Å². The van der Waals surface area contributed by atoms with Gasteiger partial charge >= 0.3 is 5.63 Å². The second-order valence-corrected chi connectivity index (χ2v) is 7.86. The van der Waals surface area contributed by atoms with Gasteiger partial charge in [-0.05, 0) is 24.3 Å². The summed E-state index contributed by atoms with van der Waals surface area (Å²) in [5, 5.41) is 3.26. The molecule has 9 heteroatoms. The van der Waals surface area contributed by atoms with Crippen LogP contribution in [0.25, 0.3) is 11.0 Å². The first kappa shape index (κ1) is 21.4. The van der Waals surface area contributed by atoms with E-state index in [9.17, 15) is 9.59 Å². The number of fused-ring (bicyclic) bond motifs is 1. The summed E-state index contributed by atoms with van der Waals surface area (Å²) >= 11 is 0. The van der Waals surface area contributed by atoms with E-state index in [-0.39, 0.29) is 5.56 Å². The lowest BCUT2D eigenvalue weighted by Crippen LogP contribution is -2.47. The molecule has 0 bridgehead atoms. The molecule has 0 saturated carbocycles. The summed E-state index contributed by atoms with van der Waals surface area (Å²) in [6, 6.07) is 17.0. The lowest BCUT2D eigenvalue weighted by molar-refractivity contribution is 0.102. The Morgan fingerprint density at radius 3 is 2.38 bits per heavy atom. The predicted molar refractivity (Wildman–Crippen MR) is 130 cm³/mol. The van der Waals surface area contributed by atoms with Crippen LogP contribution in [0.1, 0.15) is 10.4 Å². The van der Waals surface area contributed by atoms with E-state index in [0.717, 1.165) is 26.2 Å². The molecule has 5 rings (SSSR count). The molecule has 1 saturated heterocycles. The van der Waals surface area contributed by atoms with Crippen molar-refractivity contribution in [3.05, 3.63) is 83.0 Å². The Balaban J connectivity index is 1.25. The van der Waals surface area contributed by atoms with E-state index in [1.165, 1.54) is 31.3 Å². The lowest BCUT2D eigenvalue weighted by Gasteiger charge is -2.36. The molecule has 0 spiro atoms. The summed E-state index contributed by atoms with van der Waals surface area (Å²) in [6.45, 7) is 3.33. The molecule has 2 aromatic carbocycles. The van der Waals surface area contributed by atoms with Crippen molar-refractivity contribution in [1.82, 2.24) is 9.97 Å². The third kappa shape index (κ3) is 4.27. The van der Waals surface area contributed by atoms with Crippen LogP contribution in [-0.2, 0) is 0 Å². The first-order chi connectivity index (χ1) is 16.6. The fourth-order valence-corrected chi connectivity index (χ4v) is 3.99. The van der Waals surface area contributed by atoms with Crippen molar-refractivity contribution in [1.29, 1.82) is 0 Å². The number of para-hydroxylation sites is 2. The molecule has 172 valence electrons. The highest BCUT2D eigenvalue weighted by atomic mass is 16.5. The number of nitrogens with one attached hydrogen (secondary N) is 1. The van der Waals surface area contributed by atoms with Crippen molar-refractivity contribution in [2.45, 2.75) is 0 Å². The largest absolute Gasteiger partial charge is 0.493 e. The molecule has 2 aromatic heterocycles. The van der Waals surface area contributed by atoms with Crippen LogP contribution in [0.15, 0.2) is 76.2 Å². The molecule has 1 N–H and O–H groups in total. The van der Waals surface area contributed by atoms with Crippen LogP contribution in [0.5, 0.6) is 5.75 Å². The molecule has 1 fully saturated rings. The molecule has 1 amide bonds. The quantitative estimate of drug-likeness (QED) is 0.456. The lowest BCUT2D eigenvalue weighted by atomic mass is 10.1. The highest BCUT2D eigenvalue weighted by Crippen LogP contribution is 2.25. The number of carbonyl (C=O) groups excluding carboxylic acids is 1. The van der Waals surface area contributed by atoms with Crippen LogP contribution in [0.3, 0.4) is 0 Å². The monoisotopic (exact) mass is 457 g/mol. The van der Waals surface area contributed by atoms with Crippen LogP contribution >= 0.6 is 0 Å². The maximum absolute atomic E-state index is 12.7. The summed E-state index contributed by atoms with van der Waals surface area (Å²) in [5.41, 5.74) is 1.04. The van der Waals surface area contributed by atoms with Crippen molar-refractivity contribution in [2.24, 2.45) is 0 Å². The topological polar surface area (TPSA) is 101 Å². The van der Waals surface area contributed by atoms with Gasteiger partial charge in [0.1, 0.15) is 5.56 Å². The van der Waals surface area contributed by atoms with Gasteiger partial charge in [-0.3, -0.25) is 4.79 Å². The highest BCUT2D eigenvalue weighted by Gasteiger charge is 2.20. The zero-order valence-electron chi connectivity index (χ0n) is 18.6. The minimum Gasteiger partial charge on any atom is -0.493 e. The van der Waals surface area contributed by atoms with Crippen LogP contribution in [0.2, 0.25) is 0 Å². The molecule has 0 atom stereocenters. The number of piperazine rings is 1. The Hall–Kier alpha value is -4.40. The maximum Gasteiger partial charge on any atom is 0.349 e. The minimum atomic E-state index is -0.747. The molecular formula is C25H23N5O4. The summed E-state index contributed by atoms with van der Waals surface area (Å²) < 4.78 is 10.5. The van der Waals surface area contributed by atoms with Crippen molar-refractivity contribution in [3.8, 4) is 5.75 Å². The molecule has 3 heterocycles. The Kier molecular flexibility index (Phi) is 5.82. The average molecular weight is 457 g/mol. The van der Waals surface area contributed by atoms with E-state index in [2.05, 4.69) is 37.2 Å². The van der Waals surface area contributed by atoms with Gasteiger partial charge in [-0.2, -0.15) is 0 Å². The predicted octanol–water partition coefficient (Wildman–Crippen LogP) is 3.17. The SMILES string of the molecule is COc1cccc2cc(C(=O)Nc3cnc(N4CCN(c5ccccc5)CC4)nc3)c(=O)oc12. The number of amides is 1. The van der Waals surface area contributed by atoms with Gasteiger partial charge < -0.3 is 24.3 Å². The Bertz CT molecular complexity index is 1360. The number of benzene rings is 2. The van der Waals surface area contributed by atoms with Gasteiger partial charge in [0.25, 0.3) is 5.91 Å². The van der Waals surface area contributed by atoms with E-state index in [0.29, 0.717) is 28.4 Å². The van der Waals surface area contributed by atoms with Gasteiger partial charge in [0.2, 0.25) is 5.95 Å². The summed E-state index contributed by atoms with van der Waals surface area (Å²) in [5.74, 6) is 0.435. The normalized spacial score (nSPS) is 13.7. The number of hydrogen-bond donors (Lipinski definition) is 1. The first-order valence-corrected chi connectivity index (χ1v) is 10.9. The summed E-state index contributed by atoms with van der Waals surface area (Å²) in [7, 11) is 1.49. The van der Waals surface area contributed by atoms with E-state index in [4.69, 9.17) is 9.15 Å². The van der Waals surface area contributed by atoms with Gasteiger partial charge in [-0.25, -0.2) is 14.8 Å². The molecule has 0 unspecified atom stereocenters. The molecule has 4 aromatic rings. The van der Waals surface area contributed by atoms with E-state index in [1.54, 1.807) is 18.2 Å². The van der Waals surface area contributed by atoms with Crippen LogP contribution in [-0.4, -0.2) is 49.2 Å². The number of nitrogens with zero attached hydrogens (tertiary/aromatic N) is 4. The van der Waals surface area contributed by atoms with Gasteiger partial charge in [0.05, 0.1) is 25.2 Å². The molecule has 9 nitrogen and oxygen atoms in total. The standard InChI is InChI=1S/C25H23N5O4/c1-33-21-9-5-6-17-14-20(24(32)34-22(17)21)23(31)28-18-15-26-25(27-16-18)30-12-10-29(11-13-30)19-7-3-2-4-8-19/h2-9,14-16H,10-13H2,1H3,(H,28,31). The number of methoxy groups -OCH3 is 1. The number of aromatic nitrogens is 2. The zero-order valence-corrected chi connectivity index (χ0v) is 18.6. The smallest absolute Gasteiger partial charge is 0.349 e. The Morgan fingerprint density at radius 1 is 0.971 bits per heavy atom. The summed E-state index contributed by atoms with van der Waals surface area (Å²) in [4.78, 5) is 38.4. The second kappa shape index (κ2) is 9.22. The van der Waals surface area contributed by atoms with Crippen molar-refractivity contribution in [2.75, 3.05) is 48.4 Å². The molecule has 34 heavy (non-hydrogen) atoms. The van der Waals surface area contributed by atoms with Gasteiger partial charge in [0.15, 0.2) is 11.3 Å². The number of rotatable bonds is 5. The fraction of sp³-hybridized carbons (Fsp3) is 0.200. The number of ether oxygens (including phenoxy) is 1.